The summed E-state index contributed by atoms with van der Waals surface area (Å²) in [5.74, 6) is -4.73. The number of hydrogen-bond donors (Lipinski definition) is 4. The van der Waals surface area contributed by atoms with Gasteiger partial charge in [-0.05, 0) is 6.07 Å². The predicted molar refractivity (Wildman–Crippen MR) is 70.1 cm³/mol. The van der Waals surface area contributed by atoms with Crippen LogP contribution in [0.15, 0.2) is 22.7 Å². The molecule has 1 atom stereocenters. The van der Waals surface area contributed by atoms with E-state index in [1.165, 1.54) is 6.07 Å². The van der Waals surface area contributed by atoms with Crippen LogP contribution in [0.1, 0.15) is 10.6 Å². The number of hydrogen-bond acceptors (Lipinski definition) is 6. The van der Waals surface area contributed by atoms with Crippen molar-refractivity contribution in [1.82, 2.24) is 4.98 Å². The normalized spacial score (nSPS) is 12.2. The lowest BCUT2D eigenvalue weighted by molar-refractivity contribution is -0.192. The zero-order chi connectivity index (χ0) is 18.5. The minimum Gasteiger partial charge on any atom is -0.480 e. The number of carboxylic acid groups (broad SMARTS) is 2. The molecule has 0 aliphatic rings. The Balaban J connectivity index is 0.000000351. The Kier molecular flexibility index (Phi) is 5.95. The van der Waals surface area contributed by atoms with Crippen molar-refractivity contribution in [2.75, 3.05) is 6.61 Å². The van der Waals surface area contributed by atoms with Crippen molar-refractivity contribution in [2.45, 2.75) is 12.2 Å². The Labute approximate surface area is 130 Å². The minimum absolute atomic E-state index is 0.00411. The molecule has 132 valence electrons. The largest absolute Gasteiger partial charge is 0.490 e. The Bertz CT molecular complexity index is 706. The molecule has 0 saturated carbocycles. The zero-order valence-corrected chi connectivity index (χ0v) is 11.7. The second kappa shape index (κ2) is 7.50. The first-order valence-electron chi connectivity index (χ1n) is 6.05. The minimum atomic E-state index is -5.08. The number of carboxylic acids is 2. The number of ether oxygens (including phenoxy) is 1. The highest BCUT2D eigenvalue weighted by molar-refractivity contribution is 5.91. The number of aliphatic carboxylic acids is 2. The molecule has 24 heavy (non-hydrogen) atoms. The Hall–Kier alpha value is -3.02. The van der Waals surface area contributed by atoms with Crippen molar-refractivity contribution in [3.63, 3.8) is 0 Å². The van der Waals surface area contributed by atoms with E-state index in [9.17, 15) is 22.8 Å². The quantitative estimate of drug-likeness (QED) is 0.593. The Morgan fingerprint density at radius 2 is 1.92 bits per heavy atom. The van der Waals surface area contributed by atoms with E-state index in [-0.39, 0.29) is 5.76 Å². The summed E-state index contributed by atoms with van der Waals surface area (Å²) in [7, 11) is 0. The molecule has 0 fully saturated rings. The molecule has 2 aromatic heterocycles. The molecule has 0 radical (unpaired) electrons. The molecule has 0 bridgehead atoms. The number of H-pyrrole nitrogens is 1. The second-order valence-electron chi connectivity index (χ2n) is 4.21. The average Bonchev–Trinajstić information content (AvgIpc) is 3.04. The van der Waals surface area contributed by atoms with Gasteiger partial charge in [0.15, 0.2) is 5.58 Å². The van der Waals surface area contributed by atoms with E-state index in [1.54, 1.807) is 12.3 Å². The molecule has 1 unspecified atom stereocenters. The first kappa shape index (κ1) is 19.0. The zero-order valence-electron chi connectivity index (χ0n) is 11.7. The molecular weight excluding hydrogens is 341 g/mol. The lowest BCUT2D eigenvalue weighted by Gasteiger charge is -2.05. The SMILES string of the molecule is NC(COC(=O)c1cc2[nH]ccc2o1)C(=O)O.O=C(O)C(F)(F)F. The van der Waals surface area contributed by atoms with Gasteiger partial charge in [0, 0.05) is 12.3 Å². The van der Waals surface area contributed by atoms with Crippen LogP contribution in [-0.4, -0.2) is 51.9 Å². The second-order valence-corrected chi connectivity index (χ2v) is 4.21. The van der Waals surface area contributed by atoms with Gasteiger partial charge in [0.2, 0.25) is 5.76 Å². The van der Waals surface area contributed by atoms with Gasteiger partial charge in [-0.25, -0.2) is 9.59 Å². The molecule has 2 aromatic rings. The summed E-state index contributed by atoms with van der Waals surface area (Å²) in [5, 5.41) is 15.6. The number of fused-ring (bicyclic) bond motifs is 1. The number of nitrogens with two attached hydrogens (primary N) is 1. The van der Waals surface area contributed by atoms with Crippen molar-refractivity contribution >= 4 is 29.0 Å². The molecule has 0 saturated heterocycles. The highest BCUT2D eigenvalue weighted by atomic mass is 19.4. The van der Waals surface area contributed by atoms with Gasteiger partial charge in [0.1, 0.15) is 12.6 Å². The first-order valence-corrected chi connectivity index (χ1v) is 6.05. The molecule has 0 aliphatic carbocycles. The van der Waals surface area contributed by atoms with Gasteiger partial charge in [0.25, 0.3) is 0 Å². The number of aromatic amines is 1. The molecule has 2 heterocycles. The van der Waals surface area contributed by atoms with Gasteiger partial charge in [-0.2, -0.15) is 13.2 Å². The molecule has 2 rings (SSSR count). The number of aromatic nitrogens is 1. The number of rotatable bonds is 4. The van der Waals surface area contributed by atoms with Crippen molar-refractivity contribution in [1.29, 1.82) is 0 Å². The van der Waals surface area contributed by atoms with E-state index in [0.717, 1.165) is 0 Å². The number of carbonyl (C=O) groups excluding carboxylic acids is 1. The van der Waals surface area contributed by atoms with Gasteiger partial charge in [-0.15, -0.1) is 0 Å². The van der Waals surface area contributed by atoms with Gasteiger partial charge >= 0.3 is 24.1 Å². The van der Waals surface area contributed by atoms with Crippen LogP contribution in [0, 0.1) is 0 Å². The lowest BCUT2D eigenvalue weighted by Crippen LogP contribution is -2.35. The molecular formula is C12H11F3N2O7. The van der Waals surface area contributed by atoms with Crippen LogP contribution in [-0.2, 0) is 14.3 Å². The fourth-order valence-corrected chi connectivity index (χ4v) is 1.26. The van der Waals surface area contributed by atoms with Gasteiger partial charge < -0.3 is 30.1 Å². The monoisotopic (exact) mass is 352 g/mol. The fourth-order valence-electron chi connectivity index (χ4n) is 1.26. The standard InChI is InChI=1S/C10H10N2O5.C2HF3O2/c11-5(9(13)14)4-16-10(15)8-3-6-7(17-8)1-2-12-6;3-2(4,5)1(6)7/h1-3,5,12H,4,11H2,(H,13,14);(H,6,7). The predicted octanol–water partition coefficient (Wildman–Crippen LogP) is 0.963. The molecule has 0 amide bonds. The van der Waals surface area contributed by atoms with Crippen molar-refractivity contribution in [3.05, 3.63) is 24.1 Å². The van der Waals surface area contributed by atoms with Crippen LogP contribution < -0.4 is 5.73 Å². The van der Waals surface area contributed by atoms with E-state index >= 15 is 0 Å². The third-order valence-corrected chi connectivity index (χ3v) is 2.39. The molecule has 5 N–H and O–H groups in total. The summed E-state index contributed by atoms with van der Waals surface area (Å²) < 4.78 is 41.6. The summed E-state index contributed by atoms with van der Waals surface area (Å²) in [4.78, 5) is 33.6. The van der Waals surface area contributed by atoms with Gasteiger partial charge in [-0.3, -0.25) is 4.79 Å². The molecule has 0 spiro atoms. The van der Waals surface area contributed by atoms with E-state index in [4.69, 9.17) is 29.9 Å². The van der Waals surface area contributed by atoms with Crippen LogP contribution in [0.25, 0.3) is 11.1 Å². The topological polar surface area (TPSA) is 156 Å². The van der Waals surface area contributed by atoms with Crippen molar-refractivity contribution in [3.8, 4) is 0 Å². The van der Waals surface area contributed by atoms with Crippen LogP contribution in [0.3, 0.4) is 0 Å². The summed E-state index contributed by atoms with van der Waals surface area (Å²) >= 11 is 0. The third kappa shape index (κ3) is 5.31. The molecule has 12 heteroatoms. The van der Waals surface area contributed by atoms with E-state index in [2.05, 4.69) is 4.98 Å². The average molecular weight is 352 g/mol. The van der Waals surface area contributed by atoms with Crippen LogP contribution in [0.5, 0.6) is 0 Å². The van der Waals surface area contributed by atoms with E-state index in [0.29, 0.717) is 11.1 Å². The summed E-state index contributed by atoms with van der Waals surface area (Å²) in [5.41, 5.74) is 6.38. The summed E-state index contributed by atoms with van der Waals surface area (Å²) in [6, 6.07) is 1.90. The van der Waals surface area contributed by atoms with E-state index in [1.807, 2.05) is 0 Å². The molecule has 0 aliphatic heterocycles. The number of furan rings is 1. The fraction of sp³-hybridized carbons (Fsp3) is 0.250. The number of esters is 1. The smallest absolute Gasteiger partial charge is 0.480 e. The lowest BCUT2D eigenvalue weighted by atomic mass is 10.3. The van der Waals surface area contributed by atoms with Crippen LogP contribution >= 0.6 is 0 Å². The van der Waals surface area contributed by atoms with Gasteiger partial charge in [0.05, 0.1) is 5.52 Å². The highest BCUT2D eigenvalue weighted by Crippen LogP contribution is 2.18. The van der Waals surface area contributed by atoms with Gasteiger partial charge in [-0.1, -0.05) is 0 Å². The molecule has 9 nitrogen and oxygen atoms in total. The maximum Gasteiger partial charge on any atom is 0.490 e. The van der Waals surface area contributed by atoms with Crippen LogP contribution in [0.4, 0.5) is 13.2 Å². The highest BCUT2D eigenvalue weighted by Gasteiger charge is 2.38. The van der Waals surface area contributed by atoms with Crippen molar-refractivity contribution < 1.29 is 46.9 Å². The number of halogens is 3. The first-order chi connectivity index (χ1) is 11.0. The third-order valence-electron chi connectivity index (χ3n) is 2.39. The number of carbonyl (C=O) groups is 3. The maximum absolute atomic E-state index is 11.5. The summed E-state index contributed by atoms with van der Waals surface area (Å²) in [6.07, 6.45) is -3.41. The number of nitrogens with one attached hydrogen (secondary N) is 1. The Morgan fingerprint density at radius 1 is 1.33 bits per heavy atom. The van der Waals surface area contributed by atoms with Crippen molar-refractivity contribution in [2.24, 2.45) is 5.73 Å². The van der Waals surface area contributed by atoms with Crippen LogP contribution in [0.2, 0.25) is 0 Å². The number of alkyl halides is 3. The summed E-state index contributed by atoms with van der Waals surface area (Å²) in [6.45, 7) is -0.400. The van der Waals surface area contributed by atoms with E-state index < -0.39 is 36.7 Å². The maximum atomic E-state index is 11.5. The Morgan fingerprint density at radius 3 is 2.38 bits per heavy atom. The molecule has 0 aromatic carbocycles.